The van der Waals surface area contributed by atoms with E-state index in [1.165, 1.54) is 19.3 Å². The van der Waals surface area contributed by atoms with Gasteiger partial charge >= 0.3 is 12.0 Å². The largest absolute Gasteiger partial charge is 0.481 e. The van der Waals surface area contributed by atoms with Gasteiger partial charge in [0.05, 0.1) is 5.92 Å². The van der Waals surface area contributed by atoms with E-state index >= 15 is 0 Å². The summed E-state index contributed by atoms with van der Waals surface area (Å²) in [6.07, 6.45) is 9.21. The Kier molecular flexibility index (Phi) is 5.88. The SMILES string of the molecule is CCN(C(=O)NC1CCCCC1C(=O)O)C1CCCCC1. The summed E-state index contributed by atoms with van der Waals surface area (Å²) in [5, 5.41) is 12.3. The van der Waals surface area contributed by atoms with Gasteiger partial charge in [0.15, 0.2) is 0 Å². The van der Waals surface area contributed by atoms with Crippen LogP contribution in [0.5, 0.6) is 0 Å². The second kappa shape index (κ2) is 7.66. The maximum Gasteiger partial charge on any atom is 0.317 e. The molecule has 0 radical (unpaired) electrons. The van der Waals surface area contributed by atoms with Crippen LogP contribution >= 0.6 is 0 Å². The summed E-state index contributed by atoms with van der Waals surface area (Å²) >= 11 is 0. The Labute approximate surface area is 127 Å². The average Bonchev–Trinajstić information content (AvgIpc) is 2.49. The van der Waals surface area contributed by atoms with Crippen LogP contribution in [0.3, 0.4) is 0 Å². The number of rotatable bonds is 4. The van der Waals surface area contributed by atoms with Crippen molar-refractivity contribution >= 4 is 12.0 Å². The molecule has 0 aliphatic heterocycles. The van der Waals surface area contributed by atoms with Crippen molar-refractivity contribution in [3.05, 3.63) is 0 Å². The molecule has 5 nitrogen and oxygen atoms in total. The van der Waals surface area contributed by atoms with Crippen LogP contribution < -0.4 is 5.32 Å². The predicted octanol–water partition coefficient (Wildman–Crippen LogP) is 2.99. The number of nitrogens with zero attached hydrogens (tertiary/aromatic N) is 1. The van der Waals surface area contributed by atoms with E-state index in [0.717, 1.165) is 32.1 Å². The highest BCUT2D eigenvalue weighted by Crippen LogP contribution is 2.26. The Morgan fingerprint density at radius 3 is 2.29 bits per heavy atom. The maximum atomic E-state index is 12.5. The number of hydrogen-bond donors (Lipinski definition) is 2. The van der Waals surface area contributed by atoms with Crippen LogP contribution in [0.1, 0.15) is 64.7 Å². The molecule has 2 fully saturated rings. The zero-order chi connectivity index (χ0) is 15.2. The summed E-state index contributed by atoms with van der Waals surface area (Å²) in [6.45, 7) is 2.70. The fourth-order valence-corrected chi connectivity index (χ4v) is 3.80. The van der Waals surface area contributed by atoms with Crippen molar-refractivity contribution < 1.29 is 14.7 Å². The quantitative estimate of drug-likeness (QED) is 0.838. The van der Waals surface area contributed by atoms with E-state index in [2.05, 4.69) is 5.32 Å². The summed E-state index contributed by atoms with van der Waals surface area (Å²) in [7, 11) is 0. The molecule has 0 aromatic heterocycles. The molecule has 2 N–H and O–H groups in total. The van der Waals surface area contributed by atoms with E-state index in [4.69, 9.17) is 0 Å². The van der Waals surface area contributed by atoms with Gasteiger partial charge in [-0.05, 0) is 32.6 Å². The average molecular weight is 296 g/mol. The number of amides is 2. The maximum absolute atomic E-state index is 12.5. The van der Waals surface area contributed by atoms with Gasteiger partial charge in [0.1, 0.15) is 0 Å². The number of carbonyl (C=O) groups is 2. The molecule has 21 heavy (non-hydrogen) atoms. The van der Waals surface area contributed by atoms with Crippen molar-refractivity contribution in [3.63, 3.8) is 0 Å². The van der Waals surface area contributed by atoms with Gasteiger partial charge in [0, 0.05) is 18.6 Å². The first-order valence-electron chi connectivity index (χ1n) is 8.43. The van der Waals surface area contributed by atoms with Gasteiger partial charge in [-0.25, -0.2) is 4.79 Å². The first kappa shape index (κ1) is 16.1. The molecule has 0 heterocycles. The van der Waals surface area contributed by atoms with Crippen LogP contribution in [0.25, 0.3) is 0 Å². The number of carbonyl (C=O) groups excluding carboxylic acids is 1. The normalized spacial score (nSPS) is 27.1. The number of carboxylic acids is 1. The van der Waals surface area contributed by atoms with Gasteiger partial charge in [0.2, 0.25) is 0 Å². The number of nitrogens with one attached hydrogen (secondary N) is 1. The van der Waals surface area contributed by atoms with E-state index in [9.17, 15) is 14.7 Å². The van der Waals surface area contributed by atoms with Gasteiger partial charge in [-0.1, -0.05) is 32.1 Å². The van der Waals surface area contributed by atoms with E-state index in [1.807, 2.05) is 11.8 Å². The molecule has 120 valence electrons. The van der Waals surface area contributed by atoms with Crippen molar-refractivity contribution in [1.82, 2.24) is 10.2 Å². The van der Waals surface area contributed by atoms with Gasteiger partial charge in [0.25, 0.3) is 0 Å². The lowest BCUT2D eigenvalue weighted by molar-refractivity contribution is -0.143. The van der Waals surface area contributed by atoms with E-state index in [1.54, 1.807) is 0 Å². The van der Waals surface area contributed by atoms with Crippen LogP contribution in [-0.2, 0) is 4.79 Å². The molecule has 5 heteroatoms. The second-order valence-corrected chi connectivity index (χ2v) is 6.36. The number of urea groups is 1. The standard InChI is InChI=1S/C16H28N2O3/c1-2-18(12-8-4-3-5-9-12)16(21)17-14-11-7-6-10-13(14)15(19)20/h12-14H,2-11H2,1H3,(H,17,21)(H,19,20). The van der Waals surface area contributed by atoms with Crippen LogP contribution in [0.4, 0.5) is 4.79 Å². The molecule has 2 rings (SSSR count). The first-order chi connectivity index (χ1) is 10.1. The zero-order valence-corrected chi connectivity index (χ0v) is 13.0. The van der Waals surface area contributed by atoms with Crippen molar-refractivity contribution in [2.75, 3.05) is 6.54 Å². The molecule has 2 atom stereocenters. The topological polar surface area (TPSA) is 69.6 Å². The van der Waals surface area contributed by atoms with E-state index in [0.29, 0.717) is 19.0 Å². The highest BCUT2D eigenvalue weighted by atomic mass is 16.4. The molecule has 0 spiro atoms. The molecular formula is C16H28N2O3. The van der Waals surface area contributed by atoms with Crippen LogP contribution in [-0.4, -0.2) is 40.6 Å². The molecule has 0 saturated heterocycles. The lowest BCUT2D eigenvalue weighted by Gasteiger charge is -2.36. The Morgan fingerprint density at radius 1 is 1.05 bits per heavy atom. The van der Waals surface area contributed by atoms with Crippen molar-refractivity contribution in [2.45, 2.75) is 76.8 Å². The van der Waals surface area contributed by atoms with Gasteiger partial charge in [-0.3, -0.25) is 4.79 Å². The lowest BCUT2D eigenvalue weighted by atomic mass is 9.84. The fourth-order valence-electron chi connectivity index (χ4n) is 3.80. The summed E-state index contributed by atoms with van der Waals surface area (Å²) in [6, 6.07) is 0.0551. The lowest BCUT2D eigenvalue weighted by Crippen LogP contribution is -2.53. The summed E-state index contributed by atoms with van der Waals surface area (Å²) in [5.74, 6) is -1.20. The van der Waals surface area contributed by atoms with Gasteiger partial charge in [-0.2, -0.15) is 0 Å². The number of hydrogen-bond acceptors (Lipinski definition) is 2. The Morgan fingerprint density at radius 2 is 1.67 bits per heavy atom. The zero-order valence-electron chi connectivity index (χ0n) is 13.0. The highest BCUT2D eigenvalue weighted by Gasteiger charge is 2.33. The summed E-state index contributed by atoms with van der Waals surface area (Å²) in [5.41, 5.74) is 0. The van der Waals surface area contributed by atoms with Crippen LogP contribution in [0.2, 0.25) is 0 Å². The molecule has 0 bridgehead atoms. The van der Waals surface area contributed by atoms with Gasteiger partial charge in [-0.15, -0.1) is 0 Å². The second-order valence-electron chi connectivity index (χ2n) is 6.36. The molecule has 2 unspecified atom stereocenters. The fraction of sp³-hybridized carbons (Fsp3) is 0.875. The molecule has 2 saturated carbocycles. The minimum atomic E-state index is -0.777. The van der Waals surface area contributed by atoms with Crippen molar-refractivity contribution in [1.29, 1.82) is 0 Å². The third kappa shape index (κ3) is 4.11. The monoisotopic (exact) mass is 296 g/mol. The Bertz CT molecular complexity index is 367. The van der Waals surface area contributed by atoms with Crippen molar-refractivity contribution in [3.8, 4) is 0 Å². The summed E-state index contributed by atoms with van der Waals surface area (Å²) < 4.78 is 0. The molecule has 0 aromatic rings. The third-order valence-corrected chi connectivity index (χ3v) is 5.01. The molecular weight excluding hydrogens is 268 g/mol. The van der Waals surface area contributed by atoms with Crippen molar-refractivity contribution in [2.24, 2.45) is 5.92 Å². The van der Waals surface area contributed by atoms with Crippen LogP contribution in [0.15, 0.2) is 0 Å². The molecule has 0 aromatic carbocycles. The molecule has 2 aliphatic rings. The number of carboxylic acid groups (broad SMARTS) is 1. The minimum absolute atomic E-state index is 0.0671. The smallest absolute Gasteiger partial charge is 0.317 e. The van der Waals surface area contributed by atoms with E-state index in [-0.39, 0.29) is 12.1 Å². The molecule has 2 amide bonds. The Hall–Kier alpha value is -1.26. The minimum Gasteiger partial charge on any atom is -0.481 e. The predicted molar refractivity (Wildman–Crippen MR) is 81.2 cm³/mol. The highest BCUT2D eigenvalue weighted by molar-refractivity contribution is 5.77. The third-order valence-electron chi connectivity index (χ3n) is 5.01. The first-order valence-corrected chi connectivity index (χ1v) is 8.43. The van der Waals surface area contributed by atoms with Gasteiger partial charge < -0.3 is 15.3 Å². The Balaban J connectivity index is 1.95. The van der Waals surface area contributed by atoms with E-state index < -0.39 is 11.9 Å². The number of aliphatic carboxylic acids is 1. The molecule has 2 aliphatic carbocycles. The van der Waals surface area contributed by atoms with Crippen LogP contribution in [0, 0.1) is 5.92 Å². The summed E-state index contributed by atoms with van der Waals surface area (Å²) in [4.78, 5) is 25.8.